The Hall–Kier alpha value is -1.11. The molecule has 0 radical (unpaired) electrons. The van der Waals surface area contributed by atoms with E-state index in [0.29, 0.717) is 32.4 Å². The van der Waals surface area contributed by atoms with E-state index in [9.17, 15) is 13.5 Å². The van der Waals surface area contributed by atoms with Crippen LogP contribution in [0.1, 0.15) is 51.6 Å². The molecule has 2 rings (SSSR count). The summed E-state index contributed by atoms with van der Waals surface area (Å²) < 4.78 is 25.6. The van der Waals surface area contributed by atoms with Crippen molar-refractivity contribution in [3.8, 4) is 0 Å². The molecule has 1 aliphatic rings. The molecule has 1 heterocycles. The van der Waals surface area contributed by atoms with Crippen molar-refractivity contribution in [2.45, 2.75) is 51.7 Å². The van der Waals surface area contributed by atoms with Crippen LogP contribution in [0.3, 0.4) is 0 Å². The maximum Gasteiger partial charge on any atom is 0.235 e. The molecule has 1 aromatic rings. The van der Waals surface area contributed by atoms with Gasteiger partial charge in [-0.05, 0) is 43.9 Å². The van der Waals surface area contributed by atoms with Gasteiger partial charge >= 0.3 is 0 Å². The minimum atomic E-state index is -3.15. The van der Waals surface area contributed by atoms with Gasteiger partial charge in [0.1, 0.15) is 0 Å². The standard InChI is InChI=1S/C17H28N2O3S/c1-4-17(20,5-2)13-18-14(3)15-8-6-9-16(12-15)19-10-7-11-23(19,21)22/h6,8-9,12,14,18,20H,4-5,7,10-11,13H2,1-3H3. The maximum absolute atomic E-state index is 12.1. The minimum Gasteiger partial charge on any atom is -0.389 e. The smallest absolute Gasteiger partial charge is 0.235 e. The number of hydrogen-bond acceptors (Lipinski definition) is 4. The van der Waals surface area contributed by atoms with Gasteiger partial charge in [0.25, 0.3) is 0 Å². The molecule has 0 saturated carbocycles. The summed E-state index contributed by atoms with van der Waals surface area (Å²) in [4.78, 5) is 0. The van der Waals surface area contributed by atoms with Gasteiger partial charge in [-0.25, -0.2) is 8.42 Å². The molecule has 130 valence electrons. The first-order chi connectivity index (χ1) is 10.8. The van der Waals surface area contributed by atoms with E-state index >= 15 is 0 Å². The zero-order valence-corrected chi connectivity index (χ0v) is 15.1. The first kappa shape index (κ1) is 18.2. The van der Waals surface area contributed by atoms with E-state index in [1.807, 2.05) is 45.0 Å². The Morgan fingerprint density at radius 1 is 1.35 bits per heavy atom. The summed E-state index contributed by atoms with van der Waals surface area (Å²) in [5, 5.41) is 13.7. The Bertz CT molecular complexity index is 626. The third-order valence-electron chi connectivity index (χ3n) is 4.81. The molecule has 0 amide bonds. The molecule has 0 aliphatic carbocycles. The highest BCUT2D eigenvalue weighted by Gasteiger charge is 2.29. The summed E-state index contributed by atoms with van der Waals surface area (Å²) in [6.07, 6.45) is 2.09. The minimum absolute atomic E-state index is 0.0462. The molecule has 2 N–H and O–H groups in total. The van der Waals surface area contributed by atoms with Gasteiger partial charge in [-0.1, -0.05) is 26.0 Å². The number of anilines is 1. The topological polar surface area (TPSA) is 69.6 Å². The molecule has 1 aromatic carbocycles. The van der Waals surface area contributed by atoms with Crippen molar-refractivity contribution in [3.63, 3.8) is 0 Å². The molecule has 23 heavy (non-hydrogen) atoms. The van der Waals surface area contributed by atoms with Crippen LogP contribution in [-0.2, 0) is 10.0 Å². The average molecular weight is 340 g/mol. The highest BCUT2D eigenvalue weighted by Crippen LogP contribution is 2.27. The van der Waals surface area contributed by atoms with Gasteiger partial charge in [-0.3, -0.25) is 4.31 Å². The van der Waals surface area contributed by atoms with Gasteiger partial charge < -0.3 is 10.4 Å². The zero-order valence-electron chi connectivity index (χ0n) is 14.2. The fraction of sp³-hybridized carbons (Fsp3) is 0.647. The van der Waals surface area contributed by atoms with Crippen LogP contribution in [0.15, 0.2) is 24.3 Å². The lowest BCUT2D eigenvalue weighted by atomic mass is 9.96. The first-order valence-corrected chi connectivity index (χ1v) is 9.98. The van der Waals surface area contributed by atoms with Crippen LogP contribution in [0, 0.1) is 0 Å². The van der Waals surface area contributed by atoms with Crippen LogP contribution < -0.4 is 9.62 Å². The third-order valence-corrected chi connectivity index (χ3v) is 6.68. The molecule has 0 aromatic heterocycles. The predicted molar refractivity (Wildman–Crippen MR) is 94.1 cm³/mol. The Morgan fingerprint density at radius 2 is 2.04 bits per heavy atom. The van der Waals surface area contributed by atoms with Crippen LogP contribution in [0.5, 0.6) is 0 Å². The zero-order chi connectivity index (χ0) is 17.1. The van der Waals surface area contributed by atoms with Crippen molar-refractivity contribution in [3.05, 3.63) is 29.8 Å². The Balaban J connectivity index is 2.10. The van der Waals surface area contributed by atoms with E-state index in [4.69, 9.17) is 0 Å². The molecular formula is C17H28N2O3S. The lowest BCUT2D eigenvalue weighted by Crippen LogP contribution is -2.40. The van der Waals surface area contributed by atoms with Gasteiger partial charge in [0.2, 0.25) is 10.0 Å². The molecule has 1 fully saturated rings. The summed E-state index contributed by atoms with van der Waals surface area (Å²) in [5.41, 5.74) is 1.07. The lowest BCUT2D eigenvalue weighted by Gasteiger charge is -2.28. The van der Waals surface area contributed by atoms with Gasteiger partial charge in [0.15, 0.2) is 0 Å². The van der Waals surface area contributed by atoms with E-state index in [-0.39, 0.29) is 11.8 Å². The monoisotopic (exact) mass is 340 g/mol. The second kappa shape index (κ2) is 7.20. The van der Waals surface area contributed by atoms with Crippen molar-refractivity contribution in [2.24, 2.45) is 0 Å². The van der Waals surface area contributed by atoms with Gasteiger partial charge in [-0.15, -0.1) is 0 Å². The van der Waals surface area contributed by atoms with Gasteiger partial charge in [0.05, 0.1) is 17.0 Å². The average Bonchev–Trinajstić information content (AvgIpc) is 2.91. The van der Waals surface area contributed by atoms with Crippen LogP contribution in [-0.4, -0.2) is 38.0 Å². The number of nitrogens with one attached hydrogen (secondary N) is 1. The van der Waals surface area contributed by atoms with Crippen LogP contribution in [0.4, 0.5) is 5.69 Å². The summed E-state index contributed by atoms with van der Waals surface area (Å²) >= 11 is 0. The summed E-state index contributed by atoms with van der Waals surface area (Å²) in [5.74, 6) is 0.227. The number of hydrogen-bond donors (Lipinski definition) is 2. The van der Waals surface area contributed by atoms with Gasteiger partial charge in [-0.2, -0.15) is 0 Å². The number of rotatable bonds is 7. The van der Waals surface area contributed by atoms with Crippen molar-refractivity contribution in [2.75, 3.05) is 23.1 Å². The van der Waals surface area contributed by atoms with Crippen LogP contribution in [0.25, 0.3) is 0 Å². The van der Waals surface area contributed by atoms with Gasteiger partial charge in [0, 0.05) is 19.1 Å². The highest BCUT2D eigenvalue weighted by molar-refractivity contribution is 7.93. The molecule has 1 unspecified atom stereocenters. The molecule has 1 aliphatic heterocycles. The predicted octanol–water partition coefficient (Wildman–Crippen LogP) is 2.43. The normalized spacial score (nSPS) is 19.0. The molecular weight excluding hydrogens is 312 g/mol. The Morgan fingerprint density at radius 3 is 2.61 bits per heavy atom. The Labute approximate surface area is 139 Å². The molecule has 6 heteroatoms. The van der Waals surface area contributed by atoms with Crippen LogP contribution >= 0.6 is 0 Å². The first-order valence-electron chi connectivity index (χ1n) is 8.37. The number of aliphatic hydroxyl groups is 1. The van der Waals surface area contributed by atoms with E-state index in [1.54, 1.807) is 0 Å². The molecule has 0 spiro atoms. The maximum atomic E-state index is 12.1. The third kappa shape index (κ3) is 4.25. The number of sulfonamides is 1. The molecule has 5 nitrogen and oxygen atoms in total. The summed E-state index contributed by atoms with van der Waals surface area (Å²) in [6.45, 7) is 7.07. The van der Waals surface area contributed by atoms with Crippen molar-refractivity contribution in [1.29, 1.82) is 0 Å². The SMILES string of the molecule is CCC(O)(CC)CNC(C)c1cccc(N2CCCS2(=O)=O)c1. The quantitative estimate of drug-likeness (QED) is 0.800. The van der Waals surface area contributed by atoms with E-state index in [2.05, 4.69) is 5.32 Å². The fourth-order valence-electron chi connectivity index (χ4n) is 2.84. The van der Waals surface area contributed by atoms with Crippen molar-refractivity contribution < 1.29 is 13.5 Å². The summed E-state index contributed by atoms with van der Waals surface area (Å²) in [7, 11) is -3.15. The van der Waals surface area contributed by atoms with E-state index < -0.39 is 15.6 Å². The number of nitrogens with zero attached hydrogens (tertiary/aromatic N) is 1. The second-order valence-corrected chi connectivity index (χ2v) is 8.38. The largest absolute Gasteiger partial charge is 0.389 e. The molecule has 0 bridgehead atoms. The van der Waals surface area contributed by atoms with Crippen molar-refractivity contribution >= 4 is 15.7 Å². The van der Waals surface area contributed by atoms with Crippen LogP contribution in [0.2, 0.25) is 0 Å². The fourth-order valence-corrected chi connectivity index (χ4v) is 4.40. The molecule has 1 saturated heterocycles. The highest BCUT2D eigenvalue weighted by atomic mass is 32.2. The van der Waals surface area contributed by atoms with E-state index in [1.165, 1.54) is 4.31 Å². The summed E-state index contributed by atoms with van der Waals surface area (Å²) in [6, 6.07) is 7.69. The number of benzene rings is 1. The molecule has 1 atom stereocenters. The Kier molecular flexibility index (Phi) is 5.70. The van der Waals surface area contributed by atoms with Crippen molar-refractivity contribution in [1.82, 2.24) is 5.32 Å². The van der Waals surface area contributed by atoms with E-state index in [0.717, 1.165) is 11.3 Å². The lowest BCUT2D eigenvalue weighted by molar-refractivity contribution is 0.0303. The second-order valence-electron chi connectivity index (χ2n) is 6.37.